The van der Waals surface area contributed by atoms with Crippen molar-refractivity contribution in [1.82, 2.24) is 0 Å². The molecule has 0 saturated carbocycles. The maximum Gasteiger partial charge on any atom is 0.673 e. The molecule has 0 fully saturated rings. The van der Waals surface area contributed by atoms with E-state index in [1.807, 2.05) is 12.1 Å². The third-order valence-corrected chi connectivity index (χ3v) is 8.54. The summed E-state index contributed by atoms with van der Waals surface area (Å²) in [7, 11) is -6.00. The van der Waals surface area contributed by atoms with E-state index in [9.17, 15) is 17.3 Å². The van der Waals surface area contributed by atoms with Crippen LogP contribution in [0.25, 0.3) is 33.6 Å². The van der Waals surface area contributed by atoms with E-state index in [1.165, 1.54) is 61.5 Å². The van der Waals surface area contributed by atoms with Crippen LogP contribution in [0.4, 0.5) is 17.3 Å². The van der Waals surface area contributed by atoms with Gasteiger partial charge in [0.2, 0.25) is 11.4 Å². The summed E-state index contributed by atoms with van der Waals surface area (Å²) in [6, 6.07) is 37.4. The first-order valence-electron chi connectivity index (χ1n) is 14.2. The minimum absolute atomic E-state index is 0.854. The lowest BCUT2D eigenvalue weighted by atomic mass is 9.77. The number of benzene rings is 4. The Morgan fingerprint density at radius 2 is 1.07 bits per heavy atom. The van der Waals surface area contributed by atoms with Gasteiger partial charge in [-0.05, 0) is 66.1 Å². The third kappa shape index (κ3) is 5.73. The van der Waals surface area contributed by atoms with Crippen LogP contribution in [0.2, 0.25) is 5.02 Å². The Labute approximate surface area is 248 Å². The Morgan fingerprint density at radius 1 is 0.595 bits per heavy atom. The quantitative estimate of drug-likeness (QED) is 0.112. The Morgan fingerprint density at radius 3 is 1.62 bits per heavy atom. The zero-order valence-corrected chi connectivity index (χ0v) is 23.7. The van der Waals surface area contributed by atoms with Crippen molar-refractivity contribution in [3.05, 3.63) is 136 Å². The topological polar surface area (TPSA) is 3.88 Å². The Balaban J connectivity index is 0.000000585. The van der Waals surface area contributed by atoms with E-state index in [0.29, 0.717) is 0 Å². The molecule has 7 rings (SSSR count). The lowest BCUT2D eigenvalue weighted by molar-refractivity contribution is -0.675. The van der Waals surface area contributed by atoms with Crippen LogP contribution in [0, 0.1) is 0 Å². The van der Waals surface area contributed by atoms with Gasteiger partial charge in [-0.3, -0.25) is 0 Å². The maximum absolute atomic E-state index is 9.75. The molecule has 0 amide bonds. The van der Waals surface area contributed by atoms with Crippen LogP contribution in [0.3, 0.4) is 0 Å². The van der Waals surface area contributed by atoms with Gasteiger partial charge in [0.25, 0.3) is 0 Å². The van der Waals surface area contributed by atoms with E-state index in [-0.39, 0.29) is 0 Å². The van der Waals surface area contributed by atoms with E-state index in [2.05, 4.69) is 95.6 Å². The molecular formula is C35H29BClF4N. The van der Waals surface area contributed by atoms with Gasteiger partial charge in [0.15, 0.2) is 6.54 Å². The molecule has 212 valence electrons. The minimum Gasteiger partial charge on any atom is -0.418 e. The largest absolute Gasteiger partial charge is 0.673 e. The molecule has 0 N–H and O–H groups in total. The van der Waals surface area contributed by atoms with Crippen LogP contribution in [0.1, 0.15) is 27.8 Å². The molecule has 1 aromatic heterocycles. The smallest absolute Gasteiger partial charge is 0.418 e. The van der Waals surface area contributed by atoms with Gasteiger partial charge in [-0.2, -0.15) is 4.57 Å². The van der Waals surface area contributed by atoms with E-state index >= 15 is 0 Å². The highest BCUT2D eigenvalue weighted by molar-refractivity contribution is 6.50. The van der Waals surface area contributed by atoms with Crippen molar-refractivity contribution < 1.29 is 21.8 Å². The normalized spacial score (nSPS) is 13.2. The van der Waals surface area contributed by atoms with Crippen LogP contribution in [-0.4, -0.2) is 7.25 Å². The molecule has 0 bridgehead atoms. The van der Waals surface area contributed by atoms with Crippen LogP contribution in [0.15, 0.2) is 103 Å². The number of aromatic nitrogens is 1. The number of pyridine rings is 1. The van der Waals surface area contributed by atoms with Crippen molar-refractivity contribution in [1.29, 1.82) is 0 Å². The van der Waals surface area contributed by atoms with Crippen molar-refractivity contribution in [2.45, 2.75) is 38.6 Å². The molecule has 0 unspecified atom stereocenters. The fraction of sp³-hybridized carbons (Fsp3) is 0.171. The van der Waals surface area contributed by atoms with Crippen LogP contribution >= 0.6 is 11.6 Å². The molecule has 4 aromatic carbocycles. The van der Waals surface area contributed by atoms with Gasteiger partial charge in [0.05, 0.1) is 0 Å². The van der Waals surface area contributed by atoms with Crippen LogP contribution in [0.5, 0.6) is 0 Å². The van der Waals surface area contributed by atoms with Crippen molar-refractivity contribution in [3.63, 3.8) is 0 Å². The molecule has 0 saturated heterocycles. The van der Waals surface area contributed by atoms with Gasteiger partial charge in [0.1, 0.15) is 0 Å². The predicted molar refractivity (Wildman–Crippen MR) is 163 cm³/mol. The lowest BCUT2D eigenvalue weighted by Gasteiger charge is -2.28. The molecule has 7 heteroatoms. The first kappa shape index (κ1) is 28.2. The summed E-state index contributed by atoms with van der Waals surface area (Å²) in [5.74, 6) is 0. The Hall–Kier alpha value is -3.90. The summed E-state index contributed by atoms with van der Waals surface area (Å²) in [6.45, 7) is 0.895. The highest BCUT2D eigenvalue weighted by Crippen LogP contribution is 2.44. The van der Waals surface area contributed by atoms with Crippen LogP contribution < -0.4 is 4.57 Å². The predicted octanol–water partition coefficient (Wildman–Crippen LogP) is 9.37. The number of hydrogen-bond acceptors (Lipinski definition) is 0. The summed E-state index contributed by atoms with van der Waals surface area (Å²) in [4.78, 5) is 0. The Bertz CT molecular complexity index is 1670. The summed E-state index contributed by atoms with van der Waals surface area (Å²) in [5, 5.41) is 0.854. The standard InChI is InChI=1S/C35H29ClN.BF4/c36-32-17-9-6-12-26(32)22-23-37-34-28-15-7-4-10-24(28)18-20-30(34)33(27-13-2-1-3-14-27)31-21-19-25-11-5-8-16-29(25)35(31)37;2-1(3,4)5/h1-17H,18-23H2;/q+1;-1. The number of aryl methyl sites for hydroxylation is 3. The first-order valence-corrected chi connectivity index (χ1v) is 14.6. The molecule has 1 heterocycles. The van der Waals surface area contributed by atoms with Gasteiger partial charge in [0, 0.05) is 39.3 Å². The molecular weight excluding hydrogens is 557 g/mol. The SMILES string of the molecule is Clc1ccccc1CC[n+]1c2c(c(-c3ccccc3)c3c1-c1ccccc1CC3)CCc1ccccc1-2.F[B-](F)(F)F. The molecule has 0 atom stereocenters. The molecule has 1 nitrogen and oxygen atoms in total. The average molecular weight is 586 g/mol. The van der Waals surface area contributed by atoms with E-state index in [0.717, 1.165) is 43.7 Å². The maximum atomic E-state index is 9.75. The second-order valence-corrected chi connectivity index (χ2v) is 11.1. The van der Waals surface area contributed by atoms with E-state index in [4.69, 9.17) is 11.6 Å². The van der Waals surface area contributed by atoms with Gasteiger partial charge < -0.3 is 17.3 Å². The lowest BCUT2D eigenvalue weighted by Crippen LogP contribution is -2.44. The van der Waals surface area contributed by atoms with Gasteiger partial charge >= 0.3 is 7.25 Å². The fourth-order valence-electron chi connectivity index (χ4n) is 6.53. The summed E-state index contributed by atoms with van der Waals surface area (Å²) < 4.78 is 41.6. The highest BCUT2D eigenvalue weighted by atomic mass is 35.5. The molecule has 2 aliphatic carbocycles. The Kier molecular flexibility index (Phi) is 7.91. The number of halogens is 5. The highest BCUT2D eigenvalue weighted by Gasteiger charge is 2.37. The molecule has 0 aliphatic heterocycles. The fourth-order valence-corrected chi connectivity index (χ4v) is 6.76. The summed E-state index contributed by atoms with van der Waals surface area (Å²) >= 11 is 6.64. The zero-order valence-electron chi connectivity index (χ0n) is 23.0. The van der Waals surface area contributed by atoms with Crippen molar-refractivity contribution >= 4 is 18.9 Å². The number of rotatable bonds is 4. The molecule has 0 radical (unpaired) electrons. The summed E-state index contributed by atoms with van der Waals surface area (Å²) in [6.07, 6.45) is 5.21. The second kappa shape index (κ2) is 11.8. The minimum atomic E-state index is -6.00. The third-order valence-electron chi connectivity index (χ3n) is 8.17. The molecule has 5 aromatic rings. The number of nitrogens with zero attached hydrogens (tertiary/aromatic N) is 1. The number of fused-ring (bicyclic) bond motifs is 6. The van der Waals surface area contributed by atoms with E-state index < -0.39 is 7.25 Å². The molecule has 2 aliphatic rings. The van der Waals surface area contributed by atoms with Gasteiger partial charge in [-0.1, -0.05) is 96.5 Å². The van der Waals surface area contributed by atoms with Crippen molar-refractivity contribution in [2.75, 3.05) is 0 Å². The monoisotopic (exact) mass is 585 g/mol. The average Bonchev–Trinajstić information content (AvgIpc) is 2.99. The van der Waals surface area contributed by atoms with Crippen molar-refractivity contribution in [3.8, 4) is 33.6 Å². The van der Waals surface area contributed by atoms with Crippen LogP contribution in [-0.2, 0) is 38.6 Å². The van der Waals surface area contributed by atoms with Gasteiger partial charge in [-0.15, -0.1) is 0 Å². The van der Waals surface area contributed by atoms with Gasteiger partial charge in [-0.25, -0.2) is 0 Å². The molecule has 42 heavy (non-hydrogen) atoms. The summed E-state index contributed by atoms with van der Waals surface area (Å²) in [5.41, 5.74) is 15.5. The first-order chi connectivity index (χ1) is 20.3. The second-order valence-electron chi connectivity index (χ2n) is 10.7. The molecule has 0 spiro atoms. The van der Waals surface area contributed by atoms with Crippen molar-refractivity contribution in [2.24, 2.45) is 0 Å². The number of hydrogen-bond donors (Lipinski definition) is 0. The zero-order chi connectivity index (χ0) is 29.3. The van der Waals surface area contributed by atoms with E-state index in [1.54, 1.807) is 0 Å².